The lowest BCUT2D eigenvalue weighted by Crippen LogP contribution is -2.48. The highest BCUT2D eigenvalue weighted by Crippen LogP contribution is 2.21. The fourth-order valence-corrected chi connectivity index (χ4v) is 5.63. The first kappa shape index (κ1) is 24.4. The summed E-state index contributed by atoms with van der Waals surface area (Å²) in [5.74, 6) is -0.327. The molecule has 1 fully saturated rings. The van der Waals surface area contributed by atoms with E-state index >= 15 is 0 Å². The van der Waals surface area contributed by atoms with Crippen LogP contribution in [0, 0.1) is 0 Å². The largest absolute Gasteiger partial charge is 0.346 e. The van der Waals surface area contributed by atoms with Crippen LogP contribution in [-0.4, -0.2) is 49.7 Å². The summed E-state index contributed by atoms with van der Waals surface area (Å²) in [5, 5.41) is 3.55. The summed E-state index contributed by atoms with van der Waals surface area (Å²) in [6.07, 6.45) is 0. The van der Waals surface area contributed by atoms with Gasteiger partial charge in [-0.15, -0.1) is 0 Å². The molecule has 0 radical (unpaired) electrons. The zero-order valence-electron chi connectivity index (χ0n) is 19.0. The molecule has 0 aliphatic carbocycles. The molecule has 3 aromatic rings. The highest BCUT2D eigenvalue weighted by molar-refractivity contribution is 7.89. The van der Waals surface area contributed by atoms with Crippen molar-refractivity contribution < 1.29 is 13.2 Å². The summed E-state index contributed by atoms with van der Waals surface area (Å²) in [4.78, 5) is 15.2. The molecule has 1 N–H and O–H groups in total. The van der Waals surface area contributed by atoms with Crippen molar-refractivity contribution in [2.45, 2.75) is 24.4 Å². The Morgan fingerprint density at radius 2 is 1.62 bits per heavy atom. The Hall–Kier alpha value is -2.71. The van der Waals surface area contributed by atoms with E-state index in [0.29, 0.717) is 36.8 Å². The van der Waals surface area contributed by atoms with Crippen LogP contribution in [0.3, 0.4) is 0 Å². The molecule has 1 amide bonds. The molecular formula is C26H28ClN3O3S. The number of rotatable bonds is 7. The summed E-state index contributed by atoms with van der Waals surface area (Å²) in [7, 11) is -3.69. The van der Waals surface area contributed by atoms with Gasteiger partial charge in [0.15, 0.2) is 0 Å². The van der Waals surface area contributed by atoms with E-state index in [1.807, 2.05) is 37.3 Å². The van der Waals surface area contributed by atoms with Crippen LogP contribution in [0.4, 0.5) is 0 Å². The Morgan fingerprint density at radius 3 is 2.29 bits per heavy atom. The van der Waals surface area contributed by atoms with Crippen molar-refractivity contribution in [1.82, 2.24) is 14.5 Å². The van der Waals surface area contributed by atoms with Gasteiger partial charge >= 0.3 is 0 Å². The maximum Gasteiger partial charge on any atom is 0.251 e. The van der Waals surface area contributed by atoms with Crippen molar-refractivity contribution in [3.8, 4) is 0 Å². The number of carbonyl (C=O) groups excluding carboxylic acids is 1. The second kappa shape index (κ2) is 10.7. The minimum absolute atomic E-state index is 0.135. The van der Waals surface area contributed by atoms with Gasteiger partial charge in [-0.3, -0.25) is 9.69 Å². The zero-order chi connectivity index (χ0) is 24.1. The lowest BCUT2D eigenvalue weighted by atomic mass is 10.1. The molecule has 6 nitrogen and oxygen atoms in total. The second-order valence-corrected chi connectivity index (χ2v) is 10.8. The molecule has 1 unspecified atom stereocenters. The summed E-state index contributed by atoms with van der Waals surface area (Å²) in [6.45, 7) is 4.82. The minimum Gasteiger partial charge on any atom is -0.346 e. The number of hydrogen-bond donors (Lipinski definition) is 1. The van der Waals surface area contributed by atoms with Gasteiger partial charge in [-0.2, -0.15) is 4.31 Å². The summed E-state index contributed by atoms with van der Waals surface area (Å²) < 4.78 is 28.0. The van der Waals surface area contributed by atoms with Crippen LogP contribution >= 0.6 is 11.6 Å². The van der Waals surface area contributed by atoms with Crippen LogP contribution < -0.4 is 5.32 Å². The zero-order valence-corrected chi connectivity index (χ0v) is 20.6. The Labute approximate surface area is 206 Å². The average Bonchev–Trinajstić information content (AvgIpc) is 2.85. The Balaban J connectivity index is 1.40. The molecule has 3 aromatic carbocycles. The van der Waals surface area contributed by atoms with Crippen molar-refractivity contribution in [3.05, 3.63) is 101 Å². The van der Waals surface area contributed by atoms with E-state index in [9.17, 15) is 13.2 Å². The fraction of sp³-hybridized carbons (Fsp3) is 0.269. The van der Waals surface area contributed by atoms with Gasteiger partial charge in [-0.25, -0.2) is 8.42 Å². The molecular weight excluding hydrogens is 470 g/mol. The first-order valence-corrected chi connectivity index (χ1v) is 13.1. The van der Waals surface area contributed by atoms with Gasteiger partial charge in [0, 0.05) is 43.3 Å². The topological polar surface area (TPSA) is 69.7 Å². The SMILES string of the molecule is CC(NC(=O)c1cccc(S(=O)(=O)N2CCN(Cc3ccccc3)CC2)c1)c1ccc(Cl)cc1. The van der Waals surface area contributed by atoms with E-state index in [1.54, 1.807) is 30.3 Å². The Morgan fingerprint density at radius 1 is 0.941 bits per heavy atom. The number of sulfonamides is 1. The van der Waals surface area contributed by atoms with Crippen LogP contribution in [0.15, 0.2) is 83.8 Å². The van der Waals surface area contributed by atoms with Crippen molar-refractivity contribution >= 4 is 27.5 Å². The lowest BCUT2D eigenvalue weighted by Gasteiger charge is -2.34. The molecule has 0 bridgehead atoms. The molecule has 1 atom stereocenters. The van der Waals surface area contributed by atoms with Gasteiger partial charge in [-0.05, 0) is 48.4 Å². The van der Waals surface area contributed by atoms with Gasteiger partial charge in [-0.1, -0.05) is 60.1 Å². The van der Waals surface area contributed by atoms with Crippen LogP contribution in [0.1, 0.15) is 34.5 Å². The van der Waals surface area contributed by atoms with Crippen molar-refractivity contribution in [1.29, 1.82) is 0 Å². The molecule has 0 spiro atoms. The molecule has 34 heavy (non-hydrogen) atoms. The normalized spacial score (nSPS) is 16.2. The van der Waals surface area contributed by atoms with Crippen LogP contribution in [0.25, 0.3) is 0 Å². The number of hydrogen-bond acceptors (Lipinski definition) is 4. The van der Waals surface area contributed by atoms with Crippen molar-refractivity contribution in [2.24, 2.45) is 0 Å². The quantitative estimate of drug-likeness (QED) is 0.527. The van der Waals surface area contributed by atoms with Gasteiger partial charge in [0.25, 0.3) is 5.91 Å². The van der Waals surface area contributed by atoms with E-state index in [4.69, 9.17) is 11.6 Å². The van der Waals surface area contributed by atoms with Crippen molar-refractivity contribution in [2.75, 3.05) is 26.2 Å². The molecule has 0 aromatic heterocycles. The third-order valence-electron chi connectivity index (χ3n) is 6.03. The summed E-state index contributed by atoms with van der Waals surface area (Å²) >= 11 is 5.94. The van der Waals surface area contributed by atoms with Crippen LogP contribution in [0.2, 0.25) is 5.02 Å². The van der Waals surface area contributed by atoms with E-state index < -0.39 is 10.0 Å². The first-order chi connectivity index (χ1) is 16.3. The van der Waals surface area contributed by atoms with E-state index in [1.165, 1.54) is 15.9 Å². The predicted octanol–water partition coefficient (Wildman–Crippen LogP) is 4.34. The second-order valence-electron chi connectivity index (χ2n) is 8.44. The minimum atomic E-state index is -3.69. The molecule has 1 aliphatic heterocycles. The number of benzene rings is 3. The molecule has 0 saturated carbocycles. The van der Waals surface area contributed by atoms with Crippen LogP contribution in [-0.2, 0) is 16.6 Å². The molecule has 1 aliphatic rings. The Bertz CT molecular complexity index is 1230. The predicted molar refractivity (Wildman–Crippen MR) is 134 cm³/mol. The van der Waals surface area contributed by atoms with E-state index in [-0.39, 0.29) is 16.8 Å². The van der Waals surface area contributed by atoms with E-state index in [0.717, 1.165) is 12.1 Å². The maximum absolute atomic E-state index is 13.3. The summed E-state index contributed by atoms with van der Waals surface area (Å²) in [5.41, 5.74) is 2.44. The fourth-order valence-electron chi connectivity index (χ4n) is 4.03. The van der Waals surface area contributed by atoms with Gasteiger partial charge in [0.2, 0.25) is 10.0 Å². The number of halogens is 1. The molecule has 8 heteroatoms. The smallest absolute Gasteiger partial charge is 0.251 e. The monoisotopic (exact) mass is 497 g/mol. The number of piperazine rings is 1. The highest BCUT2D eigenvalue weighted by Gasteiger charge is 2.29. The molecule has 1 saturated heterocycles. The number of nitrogens with zero attached hydrogens (tertiary/aromatic N) is 2. The average molecular weight is 498 g/mol. The third kappa shape index (κ3) is 5.85. The Kier molecular flexibility index (Phi) is 7.68. The molecule has 4 rings (SSSR count). The highest BCUT2D eigenvalue weighted by atomic mass is 35.5. The van der Waals surface area contributed by atoms with E-state index in [2.05, 4.69) is 22.3 Å². The number of carbonyl (C=O) groups is 1. The molecule has 178 valence electrons. The standard InChI is InChI=1S/C26H28ClN3O3S/c1-20(22-10-12-24(27)13-11-22)28-26(31)23-8-5-9-25(18-23)34(32,33)30-16-14-29(15-17-30)19-21-6-3-2-4-7-21/h2-13,18,20H,14-17,19H2,1H3,(H,28,31). The third-order valence-corrected chi connectivity index (χ3v) is 8.18. The summed E-state index contributed by atoms with van der Waals surface area (Å²) in [6, 6.07) is 23.4. The first-order valence-electron chi connectivity index (χ1n) is 11.3. The van der Waals surface area contributed by atoms with Crippen LogP contribution in [0.5, 0.6) is 0 Å². The van der Waals surface area contributed by atoms with Crippen molar-refractivity contribution in [3.63, 3.8) is 0 Å². The maximum atomic E-state index is 13.3. The van der Waals surface area contributed by atoms with Gasteiger partial charge in [0.05, 0.1) is 10.9 Å². The molecule has 1 heterocycles. The van der Waals surface area contributed by atoms with Gasteiger partial charge in [0.1, 0.15) is 0 Å². The number of amides is 1. The van der Waals surface area contributed by atoms with Gasteiger partial charge < -0.3 is 5.32 Å². The number of nitrogens with one attached hydrogen (secondary N) is 1. The lowest BCUT2D eigenvalue weighted by molar-refractivity contribution is 0.0939.